The van der Waals surface area contributed by atoms with Crippen LogP contribution < -0.4 is 5.32 Å². The van der Waals surface area contributed by atoms with Crippen molar-refractivity contribution < 1.29 is 9.59 Å². The maximum absolute atomic E-state index is 12.4. The van der Waals surface area contributed by atoms with Crippen molar-refractivity contribution in [3.05, 3.63) is 0 Å². The third-order valence-electron chi connectivity index (χ3n) is 5.32. The summed E-state index contributed by atoms with van der Waals surface area (Å²) in [6, 6.07) is 0.507. The SMILES string of the molecule is CCN1CCC[C@H]1CNC(=O)C1CCN(C(=O)CC(C)(C)C)CC1. The van der Waals surface area contributed by atoms with E-state index in [9.17, 15) is 9.59 Å². The van der Waals surface area contributed by atoms with E-state index in [4.69, 9.17) is 0 Å². The van der Waals surface area contributed by atoms with Gasteiger partial charge in [-0.15, -0.1) is 0 Å². The van der Waals surface area contributed by atoms with Gasteiger partial charge in [-0.2, -0.15) is 0 Å². The quantitative estimate of drug-likeness (QED) is 0.837. The second-order valence-corrected chi connectivity index (χ2v) is 8.56. The summed E-state index contributed by atoms with van der Waals surface area (Å²) in [4.78, 5) is 29.1. The smallest absolute Gasteiger partial charge is 0.223 e. The van der Waals surface area contributed by atoms with E-state index < -0.39 is 0 Å². The molecule has 5 nitrogen and oxygen atoms in total. The van der Waals surface area contributed by atoms with Crippen molar-refractivity contribution in [2.45, 2.75) is 65.8 Å². The van der Waals surface area contributed by atoms with Gasteiger partial charge < -0.3 is 10.2 Å². The van der Waals surface area contributed by atoms with Crippen molar-refractivity contribution >= 4 is 11.8 Å². The average molecular weight is 338 g/mol. The zero-order valence-electron chi connectivity index (χ0n) is 15.9. The van der Waals surface area contributed by atoms with Crippen molar-refractivity contribution in [3.8, 4) is 0 Å². The van der Waals surface area contributed by atoms with Crippen LogP contribution in [0.4, 0.5) is 0 Å². The van der Waals surface area contributed by atoms with Gasteiger partial charge in [-0.25, -0.2) is 0 Å². The highest BCUT2D eigenvalue weighted by atomic mass is 16.2. The van der Waals surface area contributed by atoms with Gasteiger partial charge >= 0.3 is 0 Å². The van der Waals surface area contributed by atoms with Crippen LogP contribution in [0.25, 0.3) is 0 Å². The van der Waals surface area contributed by atoms with Gasteiger partial charge in [-0.1, -0.05) is 27.7 Å². The number of carbonyl (C=O) groups is 2. The third-order valence-corrected chi connectivity index (χ3v) is 5.32. The molecule has 138 valence electrons. The number of hydrogen-bond donors (Lipinski definition) is 1. The predicted octanol–water partition coefficient (Wildman–Crippen LogP) is 2.26. The molecule has 0 spiro atoms. The molecule has 0 radical (unpaired) electrons. The second kappa shape index (κ2) is 8.32. The summed E-state index contributed by atoms with van der Waals surface area (Å²) in [5.74, 6) is 0.479. The molecule has 2 aliphatic heterocycles. The first-order valence-electron chi connectivity index (χ1n) is 9.59. The van der Waals surface area contributed by atoms with Crippen LogP contribution in [-0.2, 0) is 9.59 Å². The molecule has 2 saturated heterocycles. The van der Waals surface area contributed by atoms with Crippen molar-refractivity contribution in [1.82, 2.24) is 15.1 Å². The van der Waals surface area contributed by atoms with Gasteiger partial charge in [0.1, 0.15) is 0 Å². The molecular formula is C19H35N3O2. The monoisotopic (exact) mass is 337 g/mol. The Morgan fingerprint density at radius 1 is 1.08 bits per heavy atom. The minimum absolute atomic E-state index is 0.0255. The number of hydrogen-bond acceptors (Lipinski definition) is 3. The van der Waals surface area contributed by atoms with Gasteiger partial charge in [-0.05, 0) is 44.2 Å². The number of nitrogens with zero attached hydrogens (tertiary/aromatic N) is 2. The van der Waals surface area contributed by atoms with E-state index in [1.807, 2.05) is 4.90 Å². The summed E-state index contributed by atoms with van der Waals surface area (Å²) in [5.41, 5.74) is 0.0255. The van der Waals surface area contributed by atoms with Crippen molar-refractivity contribution in [3.63, 3.8) is 0 Å². The summed E-state index contributed by atoms with van der Waals surface area (Å²) < 4.78 is 0. The number of likely N-dealkylation sites (N-methyl/N-ethyl adjacent to an activating group) is 1. The Bertz CT molecular complexity index is 436. The Morgan fingerprint density at radius 2 is 1.75 bits per heavy atom. The minimum Gasteiger partial charge on any atom is -0.354 e. The summed E-state index contributed by atoms with van der Waals surface area (Å²) in [6.45, 7) is 12.9. The second-order valence-electron chi connectivity index (χ2n) is 8.56. The Hall–Kier alpha value is -1.10. The summed E-state index contributed by atoms with van der Waals surface area (Å²) in [6.07, 6.45) is 4.60. The fourth-order valence-corrected chi connectivity index (χ4v) is 3.86. The van der Waals surface area contributed by atoms with E-state index in [0.29, 0.717) is 12.5 Å². The number of piperidine rings is 1. The molecule has 1 N–H and O–H groups in total. The number of likely N-dealkylation sites (tertiary alicyclic amines) is 2. The lowest BCUT2D eigenvalue weighted by Gasteiger charge is -2.33. The Labute approximate surface area is 147 Å². The normalized spacial score (nSPS) is 23.5. The van der Waals surface area contributed by atoms with Crippen LogP contribution in [0.1, 0.15) is 59.8 Å². The van der Waals surface area contributed by atoms with E-state index in [0.717, 1.165) is 45.6 Å². The summed E-state index contributed by atoms with van der Waals surface area (Å²) >= 11 is 0. The fourth-order valence-electron chi connectivity index (χ4n) is 3.86. The highest BCUT2D eigenvalue weighted by molar-refractivity contribution is 5.80. The molecule has 0 aromatic carbocycles. The fraction of sp³-hybridized carbons (Fsp3) is 0.895. The molecule has 2 aliphatic rings. The molecule has 2 amide bonds. The van der Waals surface area contributed by atoms with E-state index >= 15 is 0 Å². The molecule has 24 heavy (non-hydrogen) atoms. The zero-order valence-corrected chi connectivity index (χ0v) is 15.9. The molecule has 1 atom stereocenters. The molecule has 2 rings (SSSR count). The van der Waals surface area contributed by atoms with Crippen molar-refractivity contribution in [2.24, 2.45) is 11.3 Å². The lowest BCUT2D eigenvalue weighted by molar-refractivity contribution is -0.137. The van der Waals surface area contributed by atoms with E-state index in [2.05, 4.69) is 37.9 Å². The molecule has 0 saturated carbocycles. The largest absolute Gasteiger partial charge is 0.354 e. The number of carbonyl (C=O) groups excluding carboxylic acids is 2. The standard InChI is InChI=1S/C19H35N3O2/c1-5-21-10-6-7-16(21)14-20-18(24)15-8-11-22(12-9-15)17(23)13-19(2,3)4/h15-16H,5-14H2,1-4H3,(H,20,24)/t16-/m0/s1. The van der Waals surface area contributed by atoms with Crippen LogP contribution in [0.15, 0.2) is 0 Å². The molecule has 0 aliphatic carbocycles. The van der Waals surface area contributed by atoms with E-state index in [1.54, 1.807) is 0 Å². The number of rotatable bonds is 5. The summed E-state index contributed by atoms with van der Waals surface area (Å²) in [5, 5.41) is 3.16. The lowest BCUT2D eigenvalue weighted by Crippen LogP contribution is -2.46. The van der Waals surface area contributed by atoms with Crippen molar-refractivity contribution in [1.29, 1.82) is 0 Å². The Kier molecular flexibility index (Phi) is 6.67. The van der Waals surface area contributed by atoms with Crippen LogP contribution in [-0.4, -0.2) is 60.4 Å². The van der Waals surface area contributed by atoms with Gasteiger partial charge in [0.2, 0.25) is 11.8 Å². The zero-order chi connectivity index (χ0) is 17.7. The maximum atomic E-state index is 12.4. The van der Waals surface area contributed by atoms with Gasteiger partial charge in [0, 0.05) is 38.0 Å². The van der Waals surface area contributed by atoms with E-state index in [-0.39, 0.29) is 23.1 Å². The molecule has 0 aromatic heterocycles. The van der Waals surface area contributed by atoms with Gasteiger partial charge in [0.05, 0.1) is 0 Å². The van der Waals surface area contributed by atoms with Gasteiger partial charge in [0.15, 0.2) is 0 Å². The molecule has 0 bridgehead atoms. The van der Waals surface area contributed by atoms with Crippen molar-refractivity contribution in [2.75, 3.05) is 32.7 Å². The molecule has 0 aromatic rings. The first kappa shape index (κ1) is 19.2. The molecule has 0 unspecified atom stereocenters. The van der Waals surface area contributed by atoms with Crippen LogP contribution in [0.3, 0.4) is 0 Å². The van der Waals surface area contributed by atoms with E-state index in [1.165, 1.54) is 12.8 Å². The Balaban J connectivity index is 1.71. The predicted molar refractivity (Wildman–Crippen MR) is 96.7 cm³/mol. The van der Waals surface area contributed by atoms with Crippen LogP contribution in [0.5, 0.6) is 0 Å². The molecule has 2 fully saturated rings. The number of amides is 2. The first-order chi connectivity index (χ1) is 11.3. The highest BCUT2D eigenvalue weighted by Crippen LogP contribution is 2.23. The van der Waals surface area contributed by atoms with Crippen LogP contribution in [0, 0.1) is 11.3 Å². The van der Waals surface area contributed by atoms with Crippen LogP contribution in [0.2, 0.25) is 0 Å². The molecule has 5 heteroatoms. The maximum Gasteiger partial charge on any atom is 0.223 e. The Morgan fingerprint density at radius 3 is 2.33 bits per heavy atom. The third kappa shape index (κ3) is 5.47. The number of nitrogens with one attached hydrogen (secondary N) is 1. The lowest BCUT2D eigenvalue weighted by atomic mass is 9.90. The minimum atomic E-state index is 0.0255. The summed E-state index contributed by atoms with van der Waals surface area (Å²) in [7, 11) is 0. The molecule has 2 heterocycles. The highest BCUT2D eigenvalue weighted by Gasteiger charge is 2.30. The van der Waals surface area contributed by atoms with Crippen LogP contribution >= 0.6 is 0 Å². The van der Waals surface area contributed by atoms with Gasteiger partial charge in [-0.3, -0.25) is 14.5 Å². The van der Waals surface area contributed by atoms with Gasteiger partial charge in [0.25, 0.3) is 0 Å². The molecular weight excluding hydrogens is 302 g/mol. The average Bonchev–Trinajstić information content (AvgIpc) is 2.98. The topological polar surface area (TPSA) is 52.7 Å². The first-order valence-corrected chi connectivity index (χ1v) is 9.59.